The van der Waals surface area contributed by atoms with Crippen LogP contribution >= 0.6 is 0 Å². The number of ether oxygens (including phenoxy) is 1. The van der Waals surface area contributed by atoms with Gasteiger partial charge in [-0.05, 0) is 42.0 Å². The Bertz CT molecular complexity index is 763. The Morgan fingerprint density at radius 2 is 1.58 bits per heavy atom. The maximum absolute atomic E-state index is 12.4. The second-order valence-corrected chi connectivity index (χ2v) is 6.25. The molecule has 136 valence electrons. The third-order valence-electron chi connectivity index (χ3n) is 4.58. The molecule has 0 radical (unpaired) electrons. The number of nitrogens with zero attached hydrogens (tertiary/aromatic N) is 2. The summed E-state index contributed by atoms with van der Waals surface area (Å²) in [5, 5.41) is 9.31. The highest BCUT2D eigenvalue weighted by molar-refractivity contribution is 5.89. The van der Waals surface area contributed by atoms with Crippen molar-refractivity contribution in [3.63, 3.8) is 0 Å². The molecule has 0 saturated carbocycles. The fraction of sp³-hybridized carbons (Fsp3) is 0.300. The summed E-state index contributed by atoms with van der Waals surface area (Å²) in [5.41, 5.74) is 2.45. The van der Waals surface area contributed by atoms with E-state index in [0.29, 0.717) is 25.1 Å². The third kappa shape index (κ3) is 4.14. The molecule has 1 heterocycles. The van der Waals surface area contributed by atoms with E-state index in [1.54, 1.807) is 36.4 Å². The average Bonchev–Trinajstić information content (AvgIpc) is 2.69. The van der Waals surface area contributed by atoms with Gasteiger partial charge in [-0.15, -0.1) is 0 Å². The number of hydrogen-bond donors (Lipinski definition) is 1. The Hall–Kier alpha value is -3.02. The Balaban J connectivity index is 1.54. The largest absolute Gasteiger partial charge is 0.508 e. The van der Waals surface area contributed by atoms with Gasteiger partial charge < -0.3 is 19.6 Å². The minimum Gasteiger partial charge on any atom is -0.508 e. The molecule has 0 bridgehead atoms. The van der Waals surface area contributed by atoms with Crippen molar-refractivity contribution >= 4 is 17.6 Å². The van der Waals surface area contributed by atoms with Crippen molar-refractivity contribution in [1.82, 2.24) is 4.90 Å². The number of carbonyl (C=O) groups is 2. The van der Waals surface area contributed by atoms with Gasteiger partial charge in [0.2, 0.25) is 5.91 Å². The highest BCUT2D eigenvalue weighted by atomic mass is 16.5. The molecule has 1 N–H and O–H groups in total. The van der Waals surface area contributed by atoms with E-state index in [1.807, 2.05) is 17.0 Å². The first-order valence-corrected chi connectivity index (χ1v) is 8.56. The number of carbonyl (C=O) groups excluding carboxylic acids is 2. The van der Waals surface area contributed by atoms with E-state index >= 15 is 0 Å². The fourth-order valence-electron chi connectivity index (χ4n) is 3.04. The zero-order valence-corrected chi connectivity index (χ0v) is 14.7. The summed E-state index contributed by atoms with van der Waals surface area (Å²) in [6, 6.07) is 14.0. The first kappa shape index (κ1) is 17.8. The van der Waals surface area contributed by atoms with E-state index in [4.69, 9.17) is 4.74 Å². The van der Waals surface area contributed by atoms with Crippen LogP contribution in [0.2, 0.25) is 0 Å². The van der Waals surface area contributed by atoms with Crippen LogP contribution in [0.15, 0.2) is 48.5 Å². The second kappa shape index (κ2) is 7.91. The van der Waals surface area contributed by atoms with Crippen molar-refractivity contribution in [2.75, 3.05) is 38.2 Å². The molecule has 26 heavy (non-hydrogen) atoms. The van der Waals surface area contributed by atoms with Gasteiger partial charge in [0.05, 0.1) is 19.1 Å². The van der Waals surface area contributed by atoms with Gasteiger partial charge in [-0.1, -0.05) is 12.1 Å². The molecule has 6 nitrogen and oxygen atoms in total. The average molecular weight is 354 g/mol. The molecular formula is C20H22N2O4. The van der Waals surface area contributed by atoms with Crippen LogP contribution in [-0.2, 0) is 16.0 Å². The van der Waals surface area contributed by atoms with Crippen LogP contribution in [0.5, 0.6) is 5.75 Å². The molecule has 1 fully saturated rings. The summed E-state index contributed by atoms with van der Waals surface area (Å²) < 4.78 is 4.71. The first-order valence-electron chi connectivity index (χ1n) is 8.56. The van der Waals surface area contributed by atoms with Crippen molar-refractivity contribution in [3.05, 3.63) is 59.7 Å². The van der Waals surface area contributed by atoms with Crippen LogP contribution < -0.4 is 4.90 Å². The molecule has 1 aliphatic rings. The zero-order valence-electron chi connectivity index (χ0n) is 14.7. The van der Waals surface area contributed by atoms with Crippen molar-refractivity contribution in [2.45, 2.75) is 6.42 Å². The van der Waals surface area contributed by atoms with Crippen molar-refractivity contribution < 1.29 is 19.4 Å². The van der Waals surface area contributed by atoms with E-state index < -0.39 is 0 Å². The van der Waals surface area contributed by atoms with Gasteiger partial charge in [0.25, 0.3) is 0 Å². The number of esters is 1. The van der Waals surface area contributed by atoms with Gasteiger partial charge in [-0.3, -0.25) is 4.79 Å². The number of hydrogen-bond acceptors (Lipinski definition) is 5. The summed E-state index contributed by atoms with van der Waals surface area (Å²) >= 11 is 0. The lowest BCUT2D eigenvalue weighted by Gasteiger charge is -2.36. The van der Waals surface area contributed by atoms with Crippen LogP contribution in [-0.4, -0.2) is 55.2 Å². The summed E-state index contributed by atoms with van der Waals surface area (Å²) in [4.78, 5) is 28.0. The van der Waals surface area contributed by atoms with Crippen LogP contribution in [0, 0.1) is 0 Å². The lowest BCUT2D eigenvalue weighted by atomic mass is 10.1. The van der Waals surface area contributed by atoms with Crippen LogP contribution in [0.3, 0.4) is 0 Å². The molecule has 0 aromatic heterocycles. The smallest absolute Gasteiger partial charge is 0.337 e. The predicted octanol–water partition coefficient (Wildman–Crippen LogP) is 2.07. The van der Waals surface area contributed by atoms with Gasteiger partial charge in [0.1, 0.15) is 5.75 Å². The zero-order chi connectivity index (χ0) is 18.5. The predicted molar refractivity (Wildman–Crippen MR) is 98.4 cm³/mol. The van der Waals surface area contributed by atoms with Crippen molar-refractivity contribution in [3.8, 4) is 5.75 Å². The van der Waals surface area contributed by atoms with Crippen molar-refractivity contribution in [1.29, 1.82) is 0 Å². The third-order valence-corrected chi connectivity index (χ3v) is 4.58. The number of amides is 1. The standard InChI is InChI=1S/C20H22N2O4/c1-26-20(25)16-4-6-17(7-5-16)21-10-12-22(13-11-21)19(24)14-15-2-8-18(23)9-3-15/h2-9,23H,10-14H2,1H3. The first-order chi connectivity index (χ1) is 12.6. The highest BCUT2D eigenvalue weighted by Gasteiger charge is 2.21. The number of rotatable bonds is 4. The van der Waals surface area contributed by atoms with E-state index in [0.717, 1.165) is 24.3 Å². The molecule has 1 saturated heterocycles. The van der Waals surface area contributed by atoms with E-state index in [9.17, 15) is 14.7 Å². The number of anilines is 1. The van der Waals surface area contributed by atoms with Gasteiger partial charge in [-0.2, -0.15) is 0 Å². The minimum absolute atomic E-state index is 0.0939. The quantitative estimate of drug-likeness (QED) is 0.851. The Kier molecular flexibility index (Phi) is 5.41. The number of benzene rings is 2. The lowest BCUT2D eigenvalue weighted by Crippen LogP contribution is -2.49. The highest BCUT2D eigenvalue weighted by Crippen LogP contribution is 2.18. The van der Waals surface area contributed by atoms with E-state index in [1.165, 1.54) is 7.11 Å². The molecule has 2 aromatic carbocycles. The van der Waals surface area contributed by atoms with Gasteiger partial charge in [-0.25, -0.2) is 4.79 Å². The molecule has 2 aromatic rings. The Labute approximate surface area is 152 Å². The Morgan fingerprint density at radius 1 is 0.962 bits per heavy atom. The number of phenols is 1. The number of phenolic OH excluding ortho intramolecular Hbond substituents is 1. The monoisotopic (exact) mass is 354 g/mol. The van der Waals surface area contributed by atoms with Gasteiger partial charge in [0.15, 0.2) is 0 Å². The number of aromatic hydroxyl groups is 1. The molecule has 1 amide bonds. The van der Waals surface area contributed by atoms with Crippen molar-refractivity contribution in [2.24, 2.45) is 0 Å². The lowest BCUT2D eigenvalue weighted by molar-refractivity contribution is -0.130. The van der Waals surface area contributed by atoms with E-state index in [2.05, 4.69) is 4.90 Å². The topological polar surface area (TPSA) is 70.1 Å². The number of piperazine rings is 1. The molecular weight excluding hydrogens is 332 g/mol. The number of methoxy groups -OCH3 is 1. The second-order valence-electron chi connectivity index (χ2n) is 6.25. The maximum atomic E-state index is 12.4. The molecule has 6 heteroatoms. The molecule has 0 spiro atoms. The summed E-state index contributed by atoms with van der Waals surface area (Å²) in [5.74, 6) is -0.0504. The molecule has 0 aliphatic carbocycles. The molecule has 1 aliphatic heterocycles. The van der Waals surface area contributed by atoms with Crippen LogP contribution in [0.25, 0.3) is 0 Å². The fourth-order valence-corrected chi connectivity index (χ4v) is 3.04. The molecule has 3 rings (SSSR count). The van der Waals surface area contributed by atoms with Gasteiger partial charge >= 0.3 is 5.97 Å². The summed E-state index contributed by atoms with van der Waals surface area (Å²) in [6.07, 6.45) is 0.341. The molecule has 0 unspecified atom stereocenters. The maximum Gasteiger partial charge on any atom is 0.337 e. The summed E-state index contributed by atoms with van der Waals surface area (Å²) in [6.45, 7) is 2.82. The minimum atomic E-state index is -0.346. The SMILES string of the molecule is COC(=O)c1ccc(N2CCN(C(=O)Cc3ccc(O)cc3)CC2)cc1. The van der Waals surface area contributed by atoms with Crippen LogP contribution in [0.1, 0.15) is 15.9 Å². The normalized spacial score (nSPS) is 14.2. The van der Waals surface area contributed by atoms with Crippen LogP contribution in [0.4, 0.5) is 5.69 Å². The van der Waals surface area contributed by atoms with Gasteiger partial charge in [0, 0.05) is 31.9 Å². The Morgan fingerprint density at radius 3 is 2.15 bits per heavy atom. The summed E-state index contributed by atoms with van der Waals surface area (Å²) in [7, 11) is 1.37. The van der Waals surface area contributed by atoms with E-state index in [-0.39, 0.29) is 17.6 Å². The molecule has 0 atom stereocenters.